The number of primary amides is 1. The van der Waals surface area contributed by atoms with Crippen molar-refractivity contribution in [1.82, 2.24) is 4.98 Å². The van der Waals surface area contributed by atoms with Gasteiger partial charge in [-0.05, 0) is 40.2 Å². The molecule has 2 rings (SSSR count). The second kappa shape index (κ2) is 5.57. The number of anilines is 2. The fourth-order valence-corrected chi connectivity index (χ4v) is 1.86. The zero-order chi connectivity index (χ0) is 13.8. The smallest absolute Gasteiger partial charge is 0.316 e. The zero-order valence-corrected chi connectivity index (χ0v) is 11.3. The second-order valence-corrected chi connectivity index (χ2v) is 4.67. The van der Waals surface area contributed by atoms with Crippen molar-refractivity contribution < 1.29 is 9.59 Å². The molecule has 0 aliphatic heterocycles. The van der Waals surface area contributed by atoms with E-state index in [1.807, 2.05) is 0 Å². The maximum atomic E-state index is 11.9. The van der Waals surface area contributed by atoms with Crippen molar-refractivity contribution >= 4 is 39.2 Å². The molecule has 1 aromatic heterocycles. The van der Waals surface area contributed by atoms with Gasteiger partial charge in [0.15, 0.2) is 0 Å². The van der Waals surface area contributed by atoms with Crippen molar-refractivity contribution in [3.63, 3.8) is 0 Å². The molecule has 0 unspecified atom stereocenters. The van der Waals surface area contributed by atoms with Gasteiger partial charge in [-0.25, -0.2) is 4.79 Å². The van der Waals surface area contributed by atoms with Gasteiger partial charge in [-0.2, -0.15) is 0 Å². The van der Waals surface area contributed by atoms with Crippen LogP contribution in [0.2, 0.25) is 0 Å². The van der Waals surface area contributed by atoms with Crippen LogP contribution in [0.3, 0.4) is 0 Å². The molecule has 0 spiro atoms. The number of hydrogen-bond acceptors (Lipinski definition) is 2. The van der Waals surface area contributed by atoms with Gasteiger partial charge in [0.2, 0.25) is 0 Å². The van der Waals surface area contributed by atoms with Gasteiger partial charge >= 0.3 is 6.03 Å². The van der Waals surface area contributed by atoms with Gasteiger partial charge in [-0.1, -0.05) is 6.07 Å². The van der Waals surface area contributed by atoms with E-state index in [-0.39, 0.29) is 5.91 Å². The fraction of sp³-hybridized carbons (Fsp3) is 0. The summed E-state index contributed by atoms with van der Waals surface area (Å²) < 4.78 is 0.793. The molecule has 3 amide bonds. The molecule has 2 aromatic rings. The quantitative estimate of drug-likeness (QED) is 0.698. The van der Waals surface area contributed by atoms with Gasteiger partial charge in [0.1, 0.15) is 5.69 Å². The molecule has 98 valence electrons. The Bertz CT molecular complexity index is 624. The minimum absolute atomic E-state index is 0.276. The van der Waals surface area contributed by atoms with Crippen LogP contribution in [-0.4, -0.2) is 16.9 Å². The summed E-state index contributed by atoms with van der Waals surface area (Å²) in [6.07, 6.45) is 1.67. The standard InChI is InChI=1S/C12H11BrN4O2/c13-7-4-10(15-6-7)11(18)16-8-2-1-3-9(5-8)17-12(14)19/h1-6,15H,(H,16,18)(H3,14,17,19). The summed E-state index contributed by atoms with van der Waals surface area (Å²) in [4.78, 5) is 25.4. The third-order valence-electron chi connectivity index (χ3n) is 2.28. The molecule has 0 fully saturated rings. The lowest BCUT2D eigenvalue weighted by Crippen LogP contribution is -2.19. The monoisotopic (exact) mass is 322 g/mol. The summed E-state index contributed by atoms with van der Waals surface area (Å²) >= 11 is 3.25. The highest BCUT2D eigenvalue weighted by Gasteiger charge is 2.08. The van der Waals surface area contributed by atoms with Crippen molar-refractivity contribution in [2.24, 2.45) is 5.73 Å². The second-order valence-electron chi connectivity index (χ2n) is 3.76. The number of benzene rings is 1. The summed E-state index contributed by atoms with van der Waals surface area (Å²) in [6, 6.07) is 7.71. The number of aromatic amines is 1. The van der Waals surface area contributed by atoms with Crippen LogP contribution in [0.25, 0.3) is 0 Å². The van der Waals surface area contributed by atoms with Crippen LogP contribution >= 0.6 is 15.9 Å². The van der Waals surface area contributed by atoms with E-state index in [9.17, 15) is 9.59 Å². The van der Waals surface area contributed by atoms with E-state index in [2.05, 4.69) is 31.5 Å². The SMILES string of the molecule is NC(=O)Nc1cccc(NC(=O)c2cc(Br)c[nH]2)c1. The van der Waals surface area contributed by atoms with Gasteiger partial charge in [-0.3, -0.25) is 4.79 Å². The molecule has 1 heterocycles. The number of carbonyl (C=O) groups is 2. The average Bonchev–Trinajstić information content (AvgIpc) is 2.75. The minimum Gasteiger partial charge on any atom is -0.356 e. The topological polar surface area (TPSA) is 100 Å². The lowest BCUT2D eigenvalue weighted by Gasteiger charge is -2.06. The first-order valence-electron chi connectivity index (χ1n) is 5.36. The highest BCUT2D eigenvalue weighted by atomic mass is 79.9. The average molecular weight is 323 g/mol. The molecule has 7 heteroatoms. The number of halogens is 1. The lowest BCUT2D eigenvalue weighted by molar-refractivity contribution is 0.102. The first-order valence-corrected chi connectivity index (χ1v) is 6.15. The van der Waals surface area contributed by atoms with Crippen LogP contribution in [-0.2, 0) is 0 Å². The van der Waals surface area contributed by atoms with E-state index >= 15 is 0 Å². The molecular weight excluding hydrogens is 312 g/mol. The van der Waals surface area contributed by atoms with Gasteiger partial charge in [0.05, 0.1) is 0 Å². The van der Waals surface area contributed by atoms with Crippen molar-refractivity contribution in [2.45, 2.75) is 0 Å². The summed E-state index contributed by atoms with van der Waals surface area (Å²) in [5.41, 5.74) is 6.52. The first kappa shape index (κ1) is 13.2. The lowest BCUT2D eigenvalue weighted by atomic mass is 10.2. The summed E-state index contributed by atoms with van der Waals surface area (Å²) in [6.45, 7) is 0. The maximum Gasteiger partial charge on any atom is 0.316 e. The van der Waals surface area contributed by atoms with Crippen LogP contribution in [0.5, 0.6) is 0 Å². The minimum atomic E-state index is -0.656. The molecule has 0 saturated heterocycles. The number of aromatic nitrogens is 1. The number of nitrogens with one attached hydrogen (secondary N) is 3. The Morgan fingerprint density at radius 2 is 1.84 bits per heavy atom. The van der Waals surface area contributed by atoms with Gasteiger partial charge < -0.3 is 21.4 Å². The van der Waals surface area contributed by atoms with E-state index in [1.54, 1.807) is 36.5 Å². The Labute approximate surface area is 117 Å². The number of nitrogens with two attached hydrogens (primary N) is 1. The third-order valence-corrected chi connectivity index (χ3v) is 2.74. The Balaban J connectivity index is 2.10. The highest BCUT2D eigenvalue weighted by molar-refractivity contribution is 9.10. The molecule has 0 aliphatic rings. The van der Waals surface area contributed by atoms with Crippen LogP contribution < -0.4 is 16.4 Å². The Morgan fingerprint density at radius 3 is 2.42 bits per heavy atom. The Kier molecular flexibility index (Phi) is 3.86. The van der Waals surface area contributed by atoms with Gasteiger partial charge in [0, 0.05) is 22.0 Å². The normalized spacial score (nSPS) is 9.95. The van der Waals surface area contributed by atoms with E-state index in [1.165, 1.54) is 0 Å². The predicted octanol–water partition coefficient (Wildman–Crippen LogP) is 2.52. The van der Waals surface area contributed by atoms with Crippen molar-refractivity contribution in [2.75, 3.05) is 10.6 Å². The van der Waals surface area contributed by atoms with Crippen molar-refractivity contribution in [1.29, 1.82) is 0 Å². The number of carbonyl (C=O) groups excluding carboxylic acids is 2. The predicted molar refractivity (Wildman–Crippen MR) is 76.1 cm³/mol. The molecule has 0 aliphatic carbocycles. The Morgan fingerprint density at radius 1 is 1.16 bits per heavy atom. The van der Waals surface area contributed by atoms with Crippen LogP contribution in [0.4, 0.5) is 16.2 Å². The number of urea groups is 1. The molecule has 0 atom stereocenters. The van der Waals surface area contributed by atoms with E-state index < -0.39 is 6.03 Å². The number of H-pyrrole nitrogens is 1. The molecule has 0 radical (unpaired) electrons. The molecule has 19 heavy (non-hydrogen) atoms. The maximum absolute atomic E-state index is 11.9. The van der Waals surface area contributed by atoms with Crippen LogP contribution in [0.15, 0.2) is 41.0 Å². The molecule has 5 N–H and O–H groups in total. The summed E-state index contributed by atoms with van der Waals surface area (Å²) in [5.74, 6) is -0.276. The Hall–Kier alpha value is -2.28. The summed E-state index contributed by atoms with van der Waals surface area (Å²) in [5, 5.41) is 5.14. The van der Waals surface area contributed by atoms with Crippen molar-refractivity contribution in [3.8, 4) is 0 Å². The van der Waals surface area contributed by atoms with Crippen molar-refractivity contribution in [3.05, 3.63) is 46.7 Å². The molecule has 1 aromatic carbocycles. The first-order chi connectivity index (χ1) is 9.04. The van der Waals surface area contributed by atoms with E-state index in [0.717, 1.165) is 4.47 Å². The largest absolute Gasteiger partial charge is 0.356 e. The fourth-order valence-electron chi connectivity index (χ4n) is 1.51. The third kappa shape index (κ3) is 3.59. The number of hydrogen-bond donors (Lipinski definition) is 4. The van der Waals surface area contributed by atoms with E-state index in [4.69, 9.17) is 5.73 Å². The molecular formula is C12H11BrN4O2. The number of rotatable bonds is 3. The van der Waals surface area contributed by atoms with Crippen LogP contribution in [0, 0.1) is 0 Å². The highest BCUT2D eigenvalue weighted by Crippen LogP contribution is 2.17. The molecule has 0 bridgehead atoms. The van der Waals surface area contributed by atoms with Gasteiger partial charge in [-0.15, -0.1) is 0 Å². The molecule has 6 nitrogen and oxygen atoms in total. The molecule has 0 saturated carbocycles. The summed E-state index contributed by atoms with van der Waals surface area (Å²) in [7, 11) is 0. The van der Waals surface area contributed by atoms with Gasteiger partial charge in [0.25, 0.3) is 5.91 Å². The number of amides is 3. The zero-order valence-electron chi connectivity index (χ0n) is 9.74. The van der Waals surface area contributed by atoms with Crippen LogP contribution in [0.1, 0.15) is 10.5 Å². The van der Waals surface area contributed by atoms with E-state index in [0.29, 0.717) is 17.1 Å².